The molecule has 2 N–H and O–H groups in total. The minimum Gasteiger partial charge on any atom is -0.492 e. The van der Waals surface area contributed by atoms with Crippen LogP contribution in [0.15, 0.2) is 30.4 Å². The van der Waals surface area contributed by atoms with Crippen LogP contribution in [0.25, 0.3) is 0 Å². The van der Waals surface area contributed by atoms with Gasteiger partial charge in [0.05, 0.1) is 18.1 Å². The summed E-state index contributed by atoms with van der Waals surface area (Å²) in [5.41, 5.74) is 0.627. The van der Waals surface area contributed by atoms with Gasteiger partial charge in [0.25, 0.3) is 0 Å². The van der Waals surface area contributed by atoms with Gasteiger partial charge >= 0.3 is 5.97 Å². The Labute approximate surface area is 134 Å². The highest BCUT2D eigenvalue weighted by atomic mass is 35.5. The van der Waals surface area contributed by atoms with Crippen molar-refractivity contribution in [3.05, 3.63) is 40.9 Å². The van der Waals surface area contributed by atoms with Gasteiger partial charge in [0.2, 0.25) is 5.91 Å². The smallest absolute Gasteiger partial charge is 0.326 e. The van der Waals surface area contributed by atoms with Crippen LogP contribution in [0, 0.1) is 0 Å². The number of halogens is 1. The van der Waals surface area contributed by atoms with E-state index in [-0.39, 0.29) is 18.7 Å². The highest BCUT2D eigenvalue weighted by Crippen LogP contribution is 2.29. The molecule has 1 atom stereocenters. The first-order valence-corrected chi connectivity index (χ1v) is 7.40. The first kappa shape index (κ1) is 18.0. The molecule has 0 aliphatic carbocycles. The number of hydrogen-bond donors (Lipinski definition) is 2. The Balaban J connectivity index is 2.79. The lowest BCUT2D eigenvalue weighted by Gasteiger charge is -2.15. The fourth-order valence-corrected chi connectivity index (χ4v) is 2.16. The van der Waals surface area contributed by atoms with Crippen molar-refractivity contribution in [3.8, 4) is 5.75 Å². The van der Waals surface area contributed by atoms with Gasteiger partial charge in [0.15, 0.2) is 0 Å². The van der Waals surface area contributed by atoms with Crippen LogP contribution >= 0.6 is 11.6 Å². The molecule has 0 radical (unpaired) electrons. The molecule has 0 aliphatic heterocycles. The minimum absolute atomic E-state index is 0.00944. The topological polar surface area (TPSA) is 75.6 Å². The molecule has 0 spiro atoms. The summed E-state index contributed by atoms with van der Waals surface area (Å²) in [6, 6.07) is 4.19. The molecule has 0 saturated carbocycles. The monoisotopic (exact) mass is 325 g/mol. The third kappa shape index (κ3) is 5.41. The maximum absolute atomic E-state index is 12.1. The number of rotatable bonds is 8. The second kappa shape index (κ2) is 9.10. The highest BCUT2D eigenvalue weighted by Gasteiger charge is 2.19. The van der Waals surface area contributed by atoms with Crippen LogP contribution in [0.5, 0.6) is 5.75 Å². The molecule has 0 aromatic heterocycles. The predicted octanol–water partition coefficient (Wildman–Crippen LogP) is 2.82. The lowest BCUT2D eigenvalue weighted by atomic mass is 10.1. The fraction of sp³-hybridized carbons (Fsp3) is 0.375. The summed E-state index contributed by atoms with van der Waals surface area (Å²) >= 11 is 6.06. The van der Waals surface area contributed by atoms with Crippen molar-refractivity contribution in [3.63, 3.8) is 0 Å². The summed E-state index contributed by atoms with van der Waals surface area (Å²) in [4.78, 5) is 23.2. The summed E-state index contributed by atoms with van der Waals surface area (Å²) in [5.74, 6) is -0.996. The summed E-state index contributed by atoms with van der Waals surface area (Å²) in [6.45, 7) is 4.04. The molecule has 1 aromatic carbocycles. The molecule has 0 bridgehead atoms. The standard InChI is InChI=1S/C16H20ClNO4/c1-3-5-9-13(16(20)21)18-14(19)10-11-7-6-8-12(17)15(11)22-4-2/h3,5-8,13H,4,9-10H2,1-2H3,(H,18,19)(H,20,21)/b5-3+. The average Bonchev–Trinajstić information content (AvgIpc) is 2.46. The van der Waals surface area contributed by atoms with Crippen LogP contribution in [0.1, 0.15) is 25.8 Å². The zero-order valence-electron chi connectivity index (χ0n) is 12.6. The molecule has 0 fully saturated rings. The van der Waals surface area contributed by atoms with Gasteiger partial charge in [-0.2, -0.15) is 0 Å². The van der Waals surface area contributed by atoms with Gasteiger partial charge in [0.1, 0.15) is 11.8 Å². The summed E-state index contributed by atoms with van der Waals surface area (Å²) in [5, 5.41) is 12.0. The molecule has 1 unspecified atom stereocenters. The number of nitrogens with one attached hydrogen (secondary N) is 1. The van der Waals surface area contributed by atoms with Crippen LogP contribution in [0.3, 0.4) is 0 Å². The number of benzene rings is 1. The molecule has 6 heteroatoms. The van der Waals surface area contributed by atoms with E-state index in [4.69, 9.17) is 21.4 Å². The van der Waals surface area contributed by atoms with Gasteiger partial charge in [-0.1, -0.05) is 35.9 Å². The number of carbonyl (C=O) groups is 2. The number of carbonyl (C=O) groups excluding carboxylic acids is 1. The first-order chi connectivity index (χ1) is 10.5. The van der Waals surface area contributed by atoms with Gasteiger partial charge in [0, 0.05) is 5.56 Å². The van der Waals surface area contributed by atoms with Crippen molar-refractivity contribution in [1.29, 1.82) is 0 Å². The lowest BCUT2D eigenvalue weighted by Crippen LogP contribution is -2.41. The van der Waals surface area contributed by atoms with Crippen molar-refractivity contribution in [2.24, 2.45) is 0 Å². The highest BCUT2D eigenvalue weighted by molar-refractivity contribution is 6.32. The molecule has 5 nitrogen and oxygen atoms in total. The molecule has 0 saturated heterocycles. The molecule has 22 heavy (non-hydrogen) atoms. The zero-order valence-corrected chi connectivity index (χ0v) is 13.4. The van der Waals surface area contributed by atoms with Crippen LogP contribution in [-0.2, 0) is 16.0 Å². The Hall–Kier alpha value is -2.01. The van der Waals surface area contributed by atoms with Crippen LogP contribution in [0.2, 0.25) is 5.02 Å². The van der Waals surface area contributed by atoms with E-state index >= 15 is 0 Å². The number of ether oxygens (including phenoxy) is 1. The van der Waals surface area contributed by atoms with Gasteiger partial charge < -0.3 is 15.2 Å². The Morgan fingerprint density at radius 3 is 2.77 bits per heavy atom. The normalized spacial score (nSPS) is 12.1. The molecule has 1 aromatic rings. The van der Waals surface area contributed by atoms with E-state index in [9.17, 15) is 9.59 Å². The van der Waals surface area contributed by atoms with E-state index < -0.39 is 12.0 Å². The summed E-state index contributed by atoms with van der Waals surface area (Å²) in [7, 11) is 0. The number of carboxylic acids is 1. The Morgan fingerprint density at radius 2 is 2.18 bits per heavy atom. The molecule has 1 rings (SSSR count). The molecule has 0 heterocycles. The number of allylic oxidation sites excluding steroid dienone is 1. The molecule has 1 amide bonds. The lowest BCUT2D eigenvalue weighted by molar-refractivity contribution is -0.141. The quantitative estimate of drug-likeness (QED) is 0.721. The number of amides is 1. The van der Waals surface area contributed by atoms with E-state index in [2.05, 4.69) is 5.32 Å². The molecular formula is C16H20ClNO4. The average molecular weight is 326 g/mol. The largest absolute Gasteiger partial charge is 0.492 e. The summed E-state index contributed by atoms with van der Waals surface area (Å²) in [6.07, 6.45) is 3.69. The number of para-hydroxylation sites is 1. The van der Waals surface area contributed by atoms with Crippen LogP contribution in [0.4, 0.5) is 0 Å². The van der Waals surface area contributed by atoms with Gasteiger partial charge in [-0.15, -0.1) is 0 Å². The number of carboxylic acid groups (broad SMARTS) is 1. The van der Waals surface area contributed by atoms with Crippen LogP contribution in [-0.4, -0.2) is 29.6 Å². The van der Waals surface area contributed by atoms with Crippen molar-refractivity contribution in [1.82, 2.24) is 5.32 Å². The fourth-order valence-electron chi connectivity index (χ4n) is 1.91. The first-order valence-electron chi connectivity index (χ1n) is 7.03. The van der Waals surface area contributed by atoms with Gasteiger partial charge in [-0.3, -0.25) is 4.79 Å². The van der Waals surface area contributed by atoms with Gasteiger partial charge in [-0.05, 0) is 26.3 Å². The molecular weight excluding hydrogens is 306 g/mol. The van der Waals surface area contributed by atoms with Crippen molar-refractivity contribution in [2.75, 3.05) is 6.61 Å². The molecule has 120 valence electrons. The van der Waals surface area contributed by atoms with Crippen molar-refractivity contribution < 1.29 is 19.4 Å². The maximum atomic E-state index is 12.1. The van der Waals surface area contributed by atoms with Gasteiger partial charge in [-0.25, -0.2) is 4.79 Å². The summed E-state index contributed by atoms with van der Waals surface area (Å²) < 4.78 is 5.45. The van der Waals surface area contributed by atoms with E-state index in [1.165, 1.54) is 0 Å². The number of hydrogen-bond acceptors (Lipinski definition) is 3. The number of aliphatic carboxylic acids is 1. The van der Waals surface area contributed by atoms with E-state index in [1.54, 1.807) is 37.3 Å². The third-order valence-electron chi connectivity index (χ3n) is 2.93. The van der Waals surface area contributed by atoms with Crippen LogP contribution < -0.4 is 10.1 Å². The Bertz CT molecular complexity index is 557. The maximum Gasteiger partial charge on any atom is 0.326 e. The van der Waals surface area contributed by atoms with E-state index in [0.29, 0.717) is 22.9 Å². The third-order valence-corrected chi connectivity index (χ3v) is 3.23. The van der Waals surface area contributed by atoms with Crippen molar-refractivity contribution in [2.45, 2.75) is 32.7 Å². The van der Waals surface area contributed by atoms with Crippen molar-refractivity contribution >= 4 is 23.5 Å². The zero-order chi connectivity index (χ0) is 16.5. The Kier molecular flexibility index (Phi) is 7.46. The second-order valence-corrected chi connectivity index (χ2v) is 5.01. The van der Waals surface area contributed by atoms with E-state index in [1.807, 2.05) is 6.92 Å². The minimum atomic E-state index is -1.07. The SMILES string of the molecule is C/C=C/CC(NC(=O)Cc1cccc(Cl)c1OCC)C(=O)O. The van der Waals surface area contributed by atoms with E-state index in [0.717, 1.165) is 0 Å². The molecule has 0 aliphatic rings. The second-order valence-electron chi connectivity index (χ2n) is 4.60. The Morgan fingerprint density at radius 1 is 1.45 bits per heavy atom. The predicted molar refractivity (Wildman–Crippen MR) is 85.3 cm³/mol.